The number of esters is 1. The molecule has 0 aliphatic carbocycles. The molecule has 150 valence electrons. The molecule has 11 heteroatoms. The molecule has 2 aromatic heterocycles. The number of ether oxygens (including phenoxy) is 1. The number of nitrogens with zero attached hydrogens (tertiary/aromatic N) is 3. The Kier molecular flexibility index (Phi) is 5.29. The van der Waals surface area contributed by atoms with Crippen molar-refractivity contribution >= 4 is 34.3 Å². The number of rotatable bonds is 4. The molecule has 0 saturated heterocycles. The molecule has 0 atom stereocenters. The van der Waals surface area contributed by atoms with Gasteiger partial charge in [-0.1, -0.05) is 11.6 Å². The Morgan fingerprint density at radius 1 is 1.34 bits per heavy atom. The Labute approximate surface area is 166 Å². The highest BCUT2D eigenvalue weighted by Crippen LogP contribution is 2.30. The van der Waals surface area contributed by atoms with E-state index in [0.717, 1.165) is 22.9 Å². The molecular weight excluding hydrogens is 412 g/mol. The van der Waals surface area contributed by atoms with E-state index in [4.69, 9.17) is 16.3 Å². The van der Waals surface area contributed by atoms with Crippen molar-refractivity contribution in [3.05, 3.63) is 72.6 Å². The molecule has 29 heavy (non-hydrogen) atoms. The second-order valence-electron chi connectivity index (χ2n) is 5.89. The van der Waals surface area contributed by atoms with Crippen LogP contribution in [0.1, 0.15) is 22.8 Å². The Morgan fingerprint density at radius 2 is 2.03 bits per heavy atom. The maximum Gasteiger partial charge on any atom is 0.343 e. The van der Waals surface area contributed by atoms with Crippen molar-refractivity contribution < 1.29 is 23.2 Å². The number of halogens is 3. The average molecular weight is 424 g/mol. The Bertz CT molecular complexity index is 1240. The van der Waals surface area contributed by atoms with Crippen molar-refractivity contribution in [2.75, 3.05) is 6.61 Å². The summed E-state index contributed by atoms with van der Waals surface area (Å²) in [4.78, 5) is 39.1. The molecule has 0 unspecified atom stereocenters. The smallest absolute Gasteiger partial charge is 0.343 e. The van der Waals surface area contributed by atoms with E-state index in [-0.39, 0.29) is 28.9 Å². The van der Waals surface area contributed by atoms with Gasteiger partial charge in [0, 0.05) is 6.20 Å². The van der Waals surface area contributed by atoms with Crippen molar-refractivity contribution in [2.45, 2.75) is 13.8 Å². The summed E-state index contributed by atoms with van der Waals surface area (Å²) in [5, 5.41) is 10.4. The molecule has 0 N–H and O–H groups in total. The van der Waals surface area contributed by atoms with Gasteiger partial charge >= 0.3 is 11.7 Å². The number of carbonyl (C=O) groups is 1. The van der Waals surface area contributed by atoms with Gasteiger partial charge in [-0.15, -0.1) is 0 Å². The quantitative estimate of drug-likeness (QED) is 0.274. The van der Waals surface area contributed by atoms with Crippen LogP contribution in [0.4, 0.5) is 14.5 Å². The third-order valence-corrected chi connectivity index (χ3v) is 4.44. The summed E-state index contributed by atoms with van der Waals surface area (Å²) in [5.41, 5.74) is -2.32. The maximum absolute atomic E-state index is 13.9. The normalized spacial score (nSPS) is 10.9. The highest BCUT2D eigenvalue weighted by Gasteiger charge is 2.25. The van der Waals surface area contributed by atoms with Crippen LogP contribution in [0.5, 0.6) is 0 Å². The zero-order valence-corrected chi connectivity index (χ0v) is 15.8. The third kappa shape index (κ3) is 3.42. The van der Waals surface area contributed by atoms with E-state index in [0.29, 0.717) is 0 Å². The fourth-order valence-corrected chi connectivity index (χ4v) is 3.02. The number of aromatic nitrogens is 2. The maximum atomic E-state index is 13.9. The zero-order chi connectivity index (χ0) is 21.5. The molecular formula is C18H12ClF2N3O5. The van der Waals surface area contributed by atoms with Crippen LogP contribution in [-0.2, 0) is 4.74 Å². The molecule has 0 radical (unpaired) electrons. The molecule has 0 fully saturated rings. The van der Waals surface area contributed by atoms with Crippen molar-refractivity contribution in [3.8, 4) is 5.69 Å². The first-order chi connectivity index (χ1) is 13.7. The van der Waals surface area contributed by atoms with Gasteiger partial charge in [-0.25, -0.2) is 14.2 Å². The summed E-state index contributed by atoms with van der Waals surface area (Å²) in [6.45, 7) is 2.80. The fourth-order valence-electron chi connectivity index (χ4n) is 2.88. The number of hydrogen-bond donors (Lipinski definition) is 0. The van der Waals surface area contributed by atoms with Crippen LogP contribution in [0.15, 0.2) is 29.2 Å². The lowest BCUT2D eigenvalue weighted by Gasteiger charge is -2.15. The predicted octanol–water partition coefficient (Wildman–Crippen LogP) is 3.71. The number of pyridine rings is 2. The van der Waals surface area contributed by atoms with Crippen molar-refractivity contribution in [1.29, 1.82) is 0 Å². The summed E-state index contributed by atoms with van der Waals surface area (Å²) in [5.74, 6) is -3.03. The van der Waals surface area contributed by atoms with Gasteiger partial charge in [-0.2, -0.15) is 4.39 Å². The minimum Gasteiger partial charge on any atom is -0.462 e. The molecule has 0 saturated carbocycles. The molecule has 0 aliphatic heterocycles. The third-order valence-electron chi connectivity index (χ3n) is 4.18. The minimum atomic E-state index is -1.07. The van der Waals surface area contributed by atoms with Crippen LogP contribution in [0.2, 0.25) is 5.15 Å². The summed E-state index contributed by atoms with van der Waals surface area (Å²) in [7, 11) is 0. The van der Waals surface area contributed by atoms with E-state index in [1.54, 1.807) is 0 Å². The second-order valence-corrected chi connectivity index (χ2v) is 6.25. The molecule has 0 amide bonds. The first kappa shape index (κ1) is 20.3. The molecule has 2 heterocycles. The molecule has 3 rings (SSSR count). The van der Waals surface area contributed by atoms with E-state index < -0.39 is 44.4 Å². The van der Waals surface area contributed by atoms with Crippen molar-refractivity contribution in [1.82, 2.24) is 9.55 Å². The van der Waals surface area contributed by atoms with Gasteiger partial charge in [0.05, 0.1) is 28.2 Å². The topological polar surface area (TPSA) is 104 Å². The van der Waals surface area contributed by atoms with Gasteiger partial charge in [0.2, 0.25) is 11.2 Å². The van der Waals surface area contributed by atoms with Crippen molar-refractivity contribution in [3.63, 3.8) is 0 Å². The summed E-state index contributed by atoms with van der Waals surface area (Å²) >= 11 is 5.74. The van der Waals surface area contributed by atoms with E-state index in [2.05, 4.69) is 4.98 Å². The lowest BCUT2D eigenvalue weighted by molar-refractivity contribution is -0.388. The van der Waals surface area contributed by atoms with Gasteiger partial charge in [0.25, 0.3) is 0 Å². The van der Waals surface area contributed by atoms with Crippen LogP contribution >= 0.6 is 11.6 Å². The van der Waals surface area contributed by atoms with Gasteiger partial charge in [-0.05, 0) is 32.0 Å². The Balaban J connectivity index is 2.47. The van der Waals surface area contributed by atoms with Gasteiger partial charge in [-0.3, -0.25) is 19.5 Å². The number of benzene rings is 1. The number of nitro groups is 1. The molecule has 8 nitrogen and oxygen atoms in total. The van der Waals surface area contributed by atoms with Crippen LogP contribution in [0.25, 0.3) is 16.7 Å². The average Bonchev–Trinajstić information content (AvgIpc) is 2.64. The predicted molar refractivity (Wildman–Crippen MR) is 99.6 cm³/mol. The van der Waals surface area contributed by atoms with E-state index >= 15 is 0 Å². The SMILES string of the molecule is CCOC(=O)c1cn(-c2ccc(F)c([N+](=O)[O-])c2C)c2nc(Cl)c(F)cc2c1=O. The van der Waals surface area contributed by atoms with E-state index in [1.165, 1.54) is 19.9 Å². The summed E-state index contributed by atoms with van der Waals surface area (Å²) in [6, 6.07) is 2.87. The Hall–Kier alpha value is -3.40. The van der Waals surface area contributed by atoms with E-state index in [1.807, 2.05) is 0 Å². The van der Waals surface area contributed by atoms with E-state index in [9.17, 15) is 28.5 Å². The second kappa shape index (κ2) is 7.55. The summed E-state index contributed by atoms with van der Waals surface area (Å²) < 4.78 is 33.9. The molecule has 3 aromatic rings. The standard InChI is InChI=1S/C18H12ClF2N3O5/c1-3-29-18(26)10-7-23(13-5-4-11(20)14(8(13)2)24(27)28)17-9(15(10)25)6-12(21)16(19)22-17/h4-7H,3H2,1-2H3. The zero-order valence-electron chi connectivity index (χ0n) is 15.0. The molecule has 0 aliphatic rings. The van der Waals surface area contributed by atoms with Crippen LogP contribution in [0.3, 0.4) is 0 Å². The van der Waals surface area contributed by atoms with Crippen LogP contribution in [0, 0.1) is 28.7 Å². The van der Waals surface area contributed by atoms with Gasteiger partial charge in [0.15, 0.2) is 11.0 Å². The first-order valence-electron chi connectivity index (χ1n) is 8.19. The Morgan fingerprint density at radius 3 is 2.66 bits per heavy atom. The monoisotopic (exact) mass is 423 g/mol. The number of nitro benzene ring substituents is 1. The molecule has 1 aromatic carbocycles. The van der Waals surface area contributed by atoms with Gasteiger partial charge < -0.3 is 4.74 Å². The first-order valence-corrected chi connectivity index (χ1v) is 8.57. The van der Waals surface area contributed by atoms with Crippen molar-refractivity contribution in [2.24, 2.45) is 0 Å². The number of carbonyl (C=O) groups excluding carboxylic acids is 1. The largest absolute Gasteiger partial charge is 0.462 e. The summed E-state index contributed by atoms with van der Waals surface area (Å²) in [6.07, 6.45) is 1.05. The van der Waals surface area contributed by atoms with Gasteiger partial charge in [0.1, 0.15) is 11.2 Å². The van der Waals surface area contributed by atoms with Crippen LogP contribution < -0.4 is 5.43 Å². The lowest BCUT2D eigenvalue weighted by Crippen LogP contribution is -2.21. The fraction of sp³-hybridized carbons (Fsp3) is 0.167. The minimum absolute atomic E-state index is 0.0232. The molecule has 0 bridgehead atoms. The number of fused-ring (bicyclic) bond motifs is 1. The number of hydrogen-bond acceptors (Lipinski definition) is 6. The van der Waals surface area contributed by atoms with Crippen LogP contribution in [-0.4, -0.2) is 27.1 Å². The molecule has 0 spiro atoms. The lowest BCUT2D eigenvalue weighted by atomic mass is 10.1. The highest BCUT2D eigenvalue weighted by atomic mass is 35.5. The highest BCUT2D eigenvalue weighted by molar-refractivity contribution is 6.29.